The van der Waals surface area contributed by atoms with Gasteiger partial charge in [-0.25, -0.2) is 0 Å². The van der Waals surface area contributed by atoms with Crippen molar-refractivity contribution >= 4 is 5.69 Å². The molecular formula is C23H32N2O. The summed E-state index contributed by atoms with van der Waals surface area (Å²) in [6, 6.07) is 20.5. The van der Waals surface area contributed by atoms with Gasteiger partial charge in [-0.05, 0) is 49.7 Å². The molecule has 140 valence electrons. The molecule has 0 bridgehead atoms. The molecule has 2 aromatic carbocycles. The van der Waals surface area contributed by atoms with E-state index in [9.17, 15) is 0 Å². The van der Waals surface area contributed by atoms with Crippen molar-refractivity contribution in [1.29, 1.82) is 0 Å². The largest absolute Gasteiger partial charge is 0.378 e. The Kier molecular flexibility index (Phi) is 6.70. The van der Waals surface area contributed by atoms with Gasteiger partial charge in [0.2, 0.25) is 0 Å². The van der Waals surface area contributed by atoms with E-state index < -0.39 is 0 Å². The molecule has 3 nitrogen and oxygen atoms in total. The number of nitrogens with zero attached hydrogens (tertiary/aromatic N) is 2. The Morgan fingerprint density at radius 3 is 2.19 bits per heavy atom. The van der Waals surface area contributed by atoms with Crippen LogP contribution in [0.4, 0.5) is 5.69 Å². The van der Waals surface area contributed by atoms with Crippen LogP contribution in [0.2, 0.25) is 0 Å². The van der Waals surface area contributed by atoms with E-state index in [0.29, 0.717) is 12.0 Å². The van der Waals surface area contributed by atoms with Gasteiger partial charge < -0.3 is 14.5 Å². The lowest BCUT2D eigenvalue weighted by molar-refractivity contribution is 0.122. The predicted molar refractivity (Wildman–Crippen MR) is 110 cm³/mol. The zero-order valence-corrected chi connectivity index (χ0v) is 16.4. The summed E-state index contributed by atoms with van der Waals surface area (Å²) in [6.07, 6.45) is 2.29. The Morgan fingerprint density at radius 2 is 1.62 bits per heavy atom. The van der Waals surface area contributed by atoms with E-state index in [1.165, 1.54) is 23.2 Å². The van der Waals surface area contributed by atoms with Crippen molar-refractivity contribution < 1.29 is 4.74 Å². The van der Waals surface area contributed by atoms with Gasteiger partial charge in [0.25, 0.3) is 0 Å². The highest BCUT2D eigenvalue weighted by Gasteiger charge is 2.24. The second-order valence-corrected chi connectivity index (χ2v) is 7.46. The van der Waals surface area contributed by atoms with E-state index in [4.69, 9.17) is 4.74 Å². The average molecular weight is 353 g/mol. The molecule has 1 fully saturated rings. The lowest BCUT2D eigenvalue weighted by Gasteiger charge is -2.33. The second kappa shape index (κ2) is 9.20. The molecule has 26 heavy (non-hydrogen) atoms. The van der Waals surface area contributed by atoms with Crippen LogP contribution in [0.1, 0.15) is 30.5 Å². The molecule has 1 aliphatic rings. The normalized spacial score (nSPS) is 17.3. The third-order valence-corrected chi connectivity index (χ3v) is 5.48. The van der Waals surface area contributed by atoms with Gasteiger partial charge in [-0.15, -0.1) is 0 Å². The van der Waals surface area contributed by atoms with Gasteiger partial charge >= 0.3 is 0 Å². The molecule has 2 unspecified atom stereocenters. The first-order valence-corrected chi connectivity index (χ1v) is 9.82. The van der Waals surface area contributed by atoms with Crippen LogP contribution in [-0.4, -0.2) is 45.3 Å². The van der Waals surface area contributed by atoms with Gasteiger partial charge in [0, 0.05) is 24.8 Å². The molecule has 0 spiro atoms. The number of morpholine rings is 1. The third-order valence-electron chi connectivity index (χ3n) is 5.48. The lowest BCUT2D eigenvalue weighted by atomic mass is 9.85. The van der Waals surface area contributed by atoms with E-state index in [0.717, 1.165) is 32.7 Å². The molecule has 1 aliphatic heterocycles. The van der Waals surface area contributed by atoms with Gasteiger partial charge in [0.05, 0.1) is 13.2 Å². The summed E-state index contributed by atoms with van der Waals surface area (Å²) in [5.41, 5.74) is 4.15. The molecule has 0 saturated carbocycles. The lowest BCUT2D eigenvalue weighted by Crippen LogP contribution is -2.36. The van der Waals surface area contributed by atoms with Crippen LogP contribution in [0.25, 0.3) is 0 Å². The summed E-state index contributed by atoms with van der Waals surface area (Å²) < 4.78 is 5.47. The van der Waals surface area contributed by atoms with E-state index in [1.807, 2.05) is 0 Å². The number of hydrogen-bond donors (Lipinski definition) is 0. The molecular weight excluding hydrogens is 320 g/mol. The Bertz CT molecular complexity index is 648. The third kappa shape index (κ3) is 4.66. The highest BCUT2D eigenvalue weighted by atomic mass is 16.5. The maximum atomic E-state index is 5.47. The zero-order valence-electron chi connectivity index (χ0n) is 16.4. The minimum atomic E-state index is 0.430. The summed E-state index contributed by atoms with van der Waals surface area (Å²) in [7, 11) is 4.41. The van der Waals surface area contributed by atoms with Gasteiger partial charge in [-0.3, -0.25) is 0 Å². The topological polar surface area (TPSA) is 15.7 Å². The Morgan fingerprint density at radius 1 is 0.962 bits per heavy atom. The van der Waals surface area contributed by atoms with Crippen molar-refractivity contribution in [3.8, 4) is 0 Å². The first kappa shape index (κ1) is 18.9. The number of rotatable bonds is 7. The van der Waals surface area contributed by atoms with Crippen LogP contribution in [0.5, 0.6) is 0 Å². The minimum Gasteiger partial charge on any atom is -0.378 e. The number of anilines is 1. The van der Waals surface area contributed by atoms with Crippen molar-refractivity contribution in [3.05, 3.63) is 65.7 Å². The molecule has 1 saturated heterocycles. The average Bonchev–Trinajstić information content (AvgIpc) is 2.69. The van der Waals surface area contributed by atoms with E-state index in [2.05, 4.69) is 85.4 Å². The van der Waals surface area contributed by atoms with Crippen LogP contribution in [0, 0.1) is 5.92 Å². The number of benzene rings is 2. The van der Waals surface area contributed by atoms with Crippen LogP contribution in [0.15, 0.2) is 54.6 Å². The maximum absolute atomic E-state index is 5.47. The molecule has 3 rings (SSSR count). The summed E-state index contributed by atoms with van der Waals surface area (Å²) in [5.74, 6) is 0.599. The standard InChI is InChI=1S/C23H32N2O/c1-4-20(18-19-8-6-5-7-9-19)23(24(2)3)21-10-12-22(13-11-21)25-14-16-26-17-15-25/h5-13,20,23H,4,14-18H2,1-3H3. The highest BCUT2D eigenvalue weighted by molar-refractivity contribution is 5.48. The van der Waals surface area contributed by atoms with Crippen LogP contribution < -0.4 is 4.90 Å². The summed E-state index contributed by atoms with van der Waals surface area (Å²) in [5, 5.41) is 0. The Balaban J connectivity index is 1.77. The van der Waals surface area contributed by atoms with Crippen LogP contribution >= 0.6 is 0 Å². The monoisotopic (exact) mass is 352 g/mol. The molecule has 0 amide bonds. The molecule has 2 aromatic rings. The summed E-state index contributed by atoms with van der Waals surface area (Å²) >= 11 is 0. The Labute approximate surface area is 158 Å². The molecule has 3 heteroatoms. The number of hydrogen-bond acceptors (Lipinski definition) is 3. The van der Waals surface area contributed by atoms with E-state index in [1.54, 1.807) is 0 Å². The molecule has 1 heterocycles. The predicted octanol–water partition coefficient (Wildman–Crippen LogP) is 4.39. The minimum absolute atomic E-state index is 0.430. The molecule has 0 radical (unpaired) electrons. The summed E-state index contributed by atoms with van der Waals surface area (Å²) in [6.45, 7) is 5.95. The Hall–Kier alpha value is -1.84. The van der Waals surface area contributed by atoms with Crippen molar-refractivity contribution in [2.75, 3.05) is 45.3 Å². The molecule has 2 atom stereocenters. The van der Waals surface area contributed by atoms with E-state index >= 15 is 0 Å². The first-order chi connectivity index (χ1) is 12.7. The quantitative estimate of drug-likeness (QED) is 0.735. The van der Waals surface area contributed by atoms with Crippen molar-refractivity contribution in [2.24, 2.45) is 5.92 Å². The number of ether oxygens (including phenoxy) is 1. The summed E-state index contributed by atoms with van der Waals surface area (Å²) in [4.78, 5) is 4.79. The zero-order chi connectivity index (χ0) is 18.4. The fraction of sp³-hybridized carbons (Fsp3) is 0.478. The van der Waals surface area contributed by atoms with E-state index in [-0.39, 0.29) is 0 Å². The van der Waals surface area contributed by atoms with Gasteiger partial charge in [-0.2, -0.15) is 0 Å². The fourth-order valence-corrected chi connectivity index (χ4v) is 4.09. The highest BCUT2D eigenvalue weighted by Crippen LogP contribution is 2.33. The fourth-order valence-electron chi connectivity index (χ4n) is 4.09. The van der Waals surface area contributed by atoms with Gasteiger partial charge in [0.1, 0.15) is 0 Å². The van der Waals surface area contributed by atoms with Crippen molar-refractivity contribution in [3.63, 3.8) is 0 Å². The van der Waals surface area contributed by atoms with Crippen LogP contribution in [0.3, 0.4) is 0 Å². The van der Waals surface area contributed by atoms with Gasteiger partial charge in [0.15, 0.2) is 0 Å². The smallest absolute Gasteiger partial charge is 0.0642 e. The second-order valence-electron chi connectivity index (χ2n) is 7.46. The molecule has 0 aromatic heterocycles. The maximum Gasteiger partial charge on any atom is 0.0642 e. The SMILES string of the molecule is CCC(Cc1ccccc1)C(c1ccc(N2CCOCC2)cc1)N(C)C. The van der Waals surface area contributed by atoms with Crippen molar-refractivity contribution in [2.45, 2.75) is 25.8 Å². The van der Waals surface area contributed by atoms with Crippen LogP contribution in [-0.2, 0) is 11.2 Å². The van der Waals surface area contributed by atoms with Gasteiger partial charge in [-0.1, -0.05) is 55.8 Å². The first-order valence-electron chi connectivity index (χ1n) is 9.82. The molecule has 0 aliphatic carbocycles. The molecule has 0 N–H and O–H groups in total. The van der Waals surface area contributed by atoms with Crippen molar-refractivity contribution in [1.82, 2.24) is 4.90 Å².